The molecule has 0 fully saturated rings. The van der Waals surface area contributed by atoms with Crippen LogP contribution in [0.3, 0.4) is 0 Å². The first-order valence-electron chi connectivity index (χ1n) is 8.08. The normalized spacial score (nSPS) is 23.8. The molecule has 8 nitrogen and oxygen atoms in total. The Labute approximate surface area is 148 Å². The van der Waals surface area contributed by atoms with Gasteiger partial charge in [-0.2, -0.15) is 5.26 Å². The lowest BCUT2D eigenvalue weighted by molar-refractivity contribution is 0.0350. The van der Waals surface area contributed by atoms with Crippen LogP contribution in [0.1, 0.15) is 48.0 Å². The molecule has 3 N–H and O–H groups in total. The van der Waals surface area contributed by atoms with Gasteiger partial charge >= 0.3 is 12.2 Å². The van der Waals surface area contributed by atoms with Crippen LogP contribution in [-0.4, -0.2) is 46.7 Å². The van der Waals surface area contributed by atoms with Crippen LogP contribution in [-0.2, 0) is 9.47 Å². The molecule has 3 atom stereocenters. The molecule has 1 aliphatic carbocycles. The number of hydrogen-bond donors (Lipinski definition) is 3. The smallest absolute Gasteiger partial charge is 0.408 e. The summed E-state index contributed by atoms with van der Waals surface area (Å²) in [5.41, 5.74) is -1.08. The number of carbonyl (C=O) groups excluding carboxylic acids is 2. The minimum atomic E-state index is -1.14. The van der Waals surface area contributed by atoms with E-state index in [1.54, 1.807) is 41.5 Å². The number of nitrogens with zero attached hydrogens (tertiary/aromatic N) is 1. The van der Waals surface area contributed by atoms with Gasteiger partial charge in [-0.15, -0.1) is 0 Å². The summed E-state index contributed by atoms with van der Waals surface area (Å²) in [4.78, 5) is 24.0. The topological polar surface area (TPSA) is 121 Å². The zero-order valence-electron chi connectivity index (χ0n) is 15.5. The van der Waals surface area contributed by atoms with Gasteiger partial charge in [0.2, 0.25) is 0 Å². The highest BCUT2D eigenvalue weighted by Gasteiger charge is 2.36. The Hall–Kier alpha value is -2.27. The summed E-state index contributed by atoms with van der Waals surface area (Å²) >= 11 is 0. The molecule has 0 aliphatic heterocycles. The van der Waals surface area contributed by atoms with E-state index in [0.717, 1.165) is 0 Å². The number of rotatable bonds is 2. The summed E-state index contributed by atoms with van der Waals surface area (Å²) in [6.45, 7) is 10.3. The van der Waals surface area contributed by atoms with E-state index in [0.29, 0.717) is 5.57 Å². The molecule has 0 bridgehead atoms. The second-order valence-corrected chi connectivity index (χ2v) is 7.92. The molecule has 0 aromatic carbocycles. The van der Waals surface area contributed by atoms with Crippen molar-refractivity contribution in [3.8, 4) is 6.07 Å². The third kappa shape index (κ3) is 7.44. The molecule has 0 aromatic rings. The Morgan fingerprint density at radius 1 is 1.12 bits per heavy atom. The van der Waals surface area contributed by atoms with Crippen molar-refractivity contribution in [3.05, 3.63) is 11.6 Å². The molecule has 0 unspecified atom stereocenters. The monoisotopic (exact) mass is 353 g/mol. The number of aliphatic hydroxyl groups is 1. The predicted molar refractivity (Wildman–Crippen MR) is 90.6 cm³/mol. The van der Waals surface area contributed by atoms with E-state index < -0.39 is 41.6 Å². The number of aliphatic hydroxyl groups excluding tert-OH is 1. The summed E-state index contributed by atoms with van der Waals surface area (Å²) < 4.78 is 10.4. The van der Waals surface area contributed by atoms with Gasteiger partial charge in [-0.1, -0.05) is 0 Å². The van der Waals surface area contributed by atoms with Crippen LogP contribution in [0, 0.1) is 11.3 Å². The van der Waals surface area contributed by atoms with Crippen LogP contribution in [0.5, 0.6) is 0 Å². The quantitative estimate of drug-likeness (QED) is 0.698. The number of ether oxygens (including phenoxy) is 2. The molecule has 25 heavy (non-hydrogen) atoms. The van der Waals surface area contributed by atoms with Crippen molar-refractivity contribution in [1.29, 1.82) is 5.26 Å². The summed E-state index contributed by atoms with van der Waals surface area (Å²) in [5.74, 6) is 0. The Balaban J connectivity index is 2.89. The Kier molecular flexibility index (Phi) is 6.43. The zero-order chi connectivity index (χ0) is 19.4. The number of hydrogen-bond acceptors (Lipinski definition) is 6. The highest BCUT2D eigenvalue weighted by Crippen LogP contribution is 2.21. The van der Waals surface area contributed by atoms with Crippen LogP contribution in [0.25, 0.3) is 0 Å². The lowest BCUT2D eigenvalue weighted by atomic mass is 9.88. The maximum atomic E-state index is 12.0. The predicted octanol–water partition coefficient (Wildman–Crippen LogP) is 1.99. The maximum Gasteiger partial charge on any atom is 0.408 e. The van der Waals surface area contributed by atoms with E-state index >= 15 is 0 Å². The van der Waals surface area contributed by atoms with Crippen LogP contribution in [0.4, 0.5) is 9.59 Å². The fourth-order valence-electron chi connectivity index (χ4n) is 2.29. The minimum absolute atomic E-state index is 0.160. The third-order valence-electron chi connectivity index (χ3n) is 3.14. The number of carbonyl (C=O) groups is 2. The number of alkyl carbamates (subject to hydrolysis) is 2. The van der Waals surface area contributed by atoms with E-state index in [1.807, 2.05) is 6.07 Å². The van der Waals surface area contributed by atoms with Crippen molar-refractivity contribution < 1.29 is 24.2 Å². The van der Waals surface area contributed by atoms with E-state index in [4.69, 9.17) is 14.7 Å². The van der Waals surface area contributed by atoms with Crippen LogP contribution in [0.15, 0.2) is 11.6 Å². The molecular weight excluding hydrogens is 326 g/mol. The van der Waals surface area contributed by atoms with Gasteiger partial charge in [0.05, 0.1) is 24.3 Å². The summed E-state index contributed by atoms with van der Waals surface area (Å²) in [5, 5.41) is 24.5. The molecule has 1 aliphatic rings. The van der Waals surface area contributed by atoms with Crippen LogP contribution in [0.2, 0.25) is 0 Å². The van der Waals surface area contributed by atoms with Gasteiger partial charge in [0.15, 0.2) is 0 Å². The molecule has 140 valence electrons. The average molecular weight is 353 g/mol. The Morgan fingerprint density at radius 3 is 2.04 bits per heavy atom. The van der Waals surface area contributed by atoms with Crippen molar-refractivity contribution in [2.75, 3.05) is 0 Å². The van der Waals surface area contributed by atoms with Gasteiger partial charge in [-0.25, -0.2) is 9.59 Å². The summed E-state index contributed by atoms with van der Waals surface area (Å²) in [6.07, 6.45) is -1.04. The molecular formula is C17H27N3O5. The molecule has 2 amide bonds. The fourth-order valence-corrected chi connectivity index (χ4v) is 2.29. The number of amides is 2. The third-order valence-corrected chi connectivity index (χ3v) is 3.14. The SMILES string of the molecule is CC(C)(C)OC(=O)N[C@H]1[C@H](O)C=C(C#N)C[C@@H]1NC(=O)OC(C)(C)C. The molecule has 0 saturated carbocycles. The van der Waals surface area contributed by atoms with E-state index in [2.05, 4.69) is 10.6 Å². The molecule has 1 rings (SSSR count). The van der Waals surface area contributed by atoms with Crippen LogP contribution >= 0.6 is 0 Å². The van der Waals surface area contributed by atoms with Gasteiger partial charge < -0.3 is 25.2 Å². The second-order valence-electron chi connectivity index (χ2n) is 7.92. The molecule has 0 saturated heterocycles. The second kappa shape index (κ2) is 7.74. The van der Waals surface area contributed by atoms with Gasteiger partial charge in [0, 0.05) is 12.0 Å². The van der Waals surface area contributed by atoms with E-state index in [9.17, 15) is 14.7 Å². The van der Waals surface area contributed by atoms with Crippen molar-refractivity contribution in [3.63, 3.8) is 0 Å². The summed E-state index contributed by atoms with van der Waals surface area (Å²) in [6, 6.07) is 0.404. The molecule has 0 radical (unpaired) electrons. The lowest BCUT2D eigenvalue weighted by Gasteiger charge is -2.35. The van der Waals surface area contributed by atoms with Crippen molar-refractivity contribution in [1.82, 2.24) is 10.6 Å². The molecule has 0 aromatic heterocycles. The highest BCUT2D eigenvalue weighted by molar-refractivity contribution is 5.70. The van der Waals surface area contributed by atoms with E-state index in [1.165, 1.54) is 6.08 Å². The van der Waals surface area contributed by atoms with E-state index in [-0.39, 0.29) is 6.42 Å². The van der Waals surface area contributed by atoms with Gasteiger partial charge in [0.25, 0.3) is 0 Å². The minimum Gasteiger partial charge on any atom is -0.444 e. The highest BCUT2D eigenvalue weighted by atomic mass is 16.6. The molecule has 0 heterocycles. The zero-order valence-corrected chi connectivity index (χ0v) is 15.5. The fraction of sp³-hybridized carbons (Fsp3) is 0.706. The van der Waals surface area contributed by atoms with Crippen molar-refractivity contribution >= 4 is 12.2 Å². The van der Waals surface area contributed by atoms with Gasteiger partial charge in [-0.05, 0) is 47.6 Å². The number of nitriles is 1. The Morgan fingerprint density at radius 2 is 1.60 bits per heavy atom. The van der Waals surface area contributed by atoms with Crippen LogP contribution < -0.4 is 10.6 Å². The average Bonchev–Trinajstić information content (AvgIpc) is 2.37. The Bertz CT molecular complexity index is 581. The van der Waals surface area contributed by atoms with Gasteiger partial charge in [-0.3, -0.25) is 0 Å². The first kappa shape index (κ1) is 20.8. The lowest BCUT2D eigenvalue weighted by Crippen LogP contribution is -2.59. The number of nitrogens with one attached hydrogen (secondary N) is 2. The first-order valence-corrected chi connectivity index (χ1v) is 8.08. The summed E-state index contributed by atoms with van der Waals surface area (Å²) in [7, 11) is 0. The maximum absolute atomic E-state index is 12.0. The largest absolute Gasteiger partial charge is 0.444 e. The van der Waals surface area contributed by atoms with Crippen molar-refractivity contribution in [2.45, 2.75) is 77.4 Å². The van der Waals surface area contributed by atoms with Gasteiger partial charge in [0.1, 0.15) is 11.2 Å². The standard InChI is InChI=1S/C17H27N3O5/c1-16(2,3)24-14(22)19-11-7-10(9-18)8-12(21)13(11)20-15(23)25-17(4,5)6/h8,11-13,21H,7H2,1-6H3,(H,19,22)(H,20,23)/t11-,12+,13+/m0/s1. The molecule has 8 heteroatoms. The van der Waals surface area contributed by atoms with Crippen molar-refractivity contribution in [2.24, 2.45) is 0 Å². The first-order chi connectivity index (χ1) is 11.3. The molecule has 0 spiro atoms.